The van der Waals surface area contributed by atoms with Gasteiger partial charge in [-0.25, -0.2) is 0 Å². The Morgan fingerprint density at radius 3 is 2.55 bits per heavy atom. The van der Waals surface area contributed by atoms with Crippen LogP contribution in [0.3, 0.4) is 0 Å². The lowest BCUT2D eigenvalue weighted by molar-refractivity contribution is -0.131. The molecule has 20 heavy (non-hydrogen) atoms. The molecule has 0 aromatic carbocycles. The third-order valence-electron chi connectivity index (χ3n) is 3.79. The van der Waals surface area contributed by atoms with Crippen LogP contribution in [0.1, 0.15) is 24.7 Å². The van der Waals surface area contributed by atoms with Crippen LogP contribution in [-0.2, 0) is 11.3 Å². The highest BCUT2D eigenvalue weighted by Crippen LogP contribution is 2.28. The molecule has 0 spiro atoms. The largest absolute Gasteiger partial charge is 0.340 e. The zero-order valence-corrected chi connectivity index (χ0v) is 13.9. The summed E-state index contributed by atoms with van der Waals surface area (Å²) in [7, 11) is 0. The second kappa shape index (κ2) is 7.29. The highest BCUT2D eigenvalue weighted by molar-refractivity contribution is 5.85. The minimum Gasteiger partial charge on any atom is -0.340 e. The van der Waals surface area contributed by atoms with Crippen molar-refractivity contribution in [2.75, 3.05) is 19.6 Å². The Morgan fingerprint density at radius 2 is 2.10 bits per heavy atom. The van der Waals surface area contributed by atoms with E-state index < -0.39 is 0 Å². The third-order valence-corrected chi connectivity index (χ3v) is 3.79. The first-order valence-electron chi connectivity index (χ1n) is 6.42. The highest BCUT2D eigenvalue weighted by Gasteiger charge is 2.34. The number of aromatic nitrogens is 2. The van der Waals surface area contributed by atoms with E-state index in [0.29, 0.717) is 13.1 Å². The molecule has 0 bridgehead atoms. The van der Waals surface area contributed by atoms with Gasteiger partial charge in [-0.15, -0.1) is 24.8 Å². The predicted molar refractivity (Wildman–Crippen MR) is 84.6 cm³/mol. The number of amides is 1. The van der Waals surface area contributed by atoms with Gasteiger partial charge in [-0.2, -0.15) is 5.10 Å². The number of carbonyl (C=O) groups excluding carboxylic acids is 1. The van der Waals surface area contributed by atoms with Crippen LogP contribution in [0.2, 0.25) is 0 Å². The van der Waals surface area contributed by atoms with Gasteiger partial charge >= 0.3 is 0 Å². The summed E-state index contributed by atoms with van der Waals surface area (Å²) < 4.78 is 1.77. The Bertz CT molecular complexity index is 463. The lowest BCUT2D eigenvalue weighted by Gasteiger charge is -2.22. The van der Waals surface area contributed by atoms with E-state index in [1.807, 2.05) is 24.8 Å². The van der Waals surface area contributed by atoms with Crippen LogP contribution in [0.4, 0.5) is 0 Å². The number of nitrogens with zero attached hydrogens (tertiary/aromatic N) is 3. The topological polar surface area (TPSA) is 64.2 Å². The molecule has 2 heterocycles. The molecule has 2 rings (SSSR count). The van der Waals surface area contributed by atoms with E-state index in [-0.39, 0.29) is 36.1 Å². The molecule has 0 radical (unpaired) electrons. The number of rotatable bonds is 3. The van der Waals surface area contributed by atoms with Crippen molar-refractivity contribution in [1.29, 1.82) is 0 Å². The Labute approximate surface area is 132 Å². The Kier molecular flexibility index (Phi) is 7.01. The SMILES string of the molecule is Cc1cc(C)n(CC(=O)N2CCC(C)(CN)C2)n1.Cl.Cl. The average Bonchev–Trinajstić information content (AvgIpc) is 2.84. The summed E-state index contributed by atoms with van der Waals surface area (Å²) in [5.41, 5.74) is 7.82. The fraction of sp³-hybridized carbons (Fsp3) is 0.692. The zero-order valence-electron chi connectivity index (χ0n) is 12.3. The molecule has 1 aliphatic rings. The van der Waals surface area contributed by atoms with Gasteiger partial charge in [0.05, 0.1) is 5.69 Å². The standard InChI is InChI=1S/C13H22N4O.2ClH/c1-10-6-11(2)17(15-10)7-12(18)16-5-4-13(3,8-14)9-16;;/h6H,4-5,7-9,14H2,1-3H3;2*1H. The van der Waals surface area contributed by atoms with Crippen molar-refractivity contribution in [1.82, 2.24) is 14.7 Å². The van der Waals surface area contributed by atoms with Crippen molar-refractivity contribution in [3.8, 4) is 0 Å². The van der Waals surface area contributed by atoms with Crippen molar-refractivity contribution in [2.45, 2.75) is 33.7 Å². The molecule has 2 N–H and O–H groups in total. The van der Waals surface area contributed by atoms with Crippen LogP contribution in [0.25, 0.3) is 0 Å². The van der Waals surface area contributed by atoms with Gasteiger partial charge in [0.15, 0.2) is 0 Å². The van der Waals surface area contributed by atoms with E-state index in [9.17, 15) is 4.79 Å². The van der Waals surface area contributed by atoms with Crippen molar-refractivity contribution in [3.05, 3.63) is 17.5 Å². The van der Waals surface area contributed by atoms with E-state index in [0.717, 1.165) is 30.9 Å². The number of likely N-dealkylation sites (tertiary alicyclic amines) is 1. The van der Waals surface area contributed by atoms with Crippen molar-refractivity contribution in [3.63, 3.8) is 0 Å². The molecule has 0 saturated carbocycles. The quantitative estimate of drug-likeness (QED) is 0.918. The summed E-state index contributed by atoms with van der Waals surface area (Å²) >= 11 is 0. The van der Waals surface area contributed by atoms with Gasteiger partial charge in [-0.3, -0.25) is 9.48 Å². The monoisotopic (exact) mass is 322 g/mol. The van der Waals surface area contributed by atoms with E-state index in [4.69, 9.17) is 5.73 Å². The van der Waals surface area contributed by atoms with Crippen LogP contribution in [0.15, 0.2) is 6.07 Å². The maximum Gasteiger partial charge on any atom is 0.244 e. The van der Waals surface area contributed by atoms with Crippen molar-refractivity contribution >= 4 is 30.7 Å². The molecular weight excluding hydrogens is 299 g/mol. The number of hydrogen-bond donors (Lipinski definition) is 1. The predicted octanol–water partition coefficient (Wildman–Crippen LogP) is 1.54. The smallest absolute Gasteiger partial charge is 0.244 e. The molecule has 1 amide bonds. The molecule has 1 aromatic heterocycles. The van der Waals surface area contributed by atoms with Crippen molar-refractivity contribution < 1.29 is 4.79 Å². The van der Waals surface area contributed by atoms with Crippen LogP contribution >= 0.6 is 24.8 Å². The van der Waals surface area contributed by atoms with Crippen LogP contribution < -0.4 is 5.73 Å². The number of halogens is 2. The van der Waals surface area contributed by atoms with Gasteiger partial charge in [0.25, 0.3) is 0 Å². The first-order chi connectivity index (χ1) is 8.43. The van der Waals surface area contributed by atoms with E-state index in [2.05, 4.69) is 12.0 Å². The fourth-order valence-corrected chi connectivity index (χ4v) is 2.47. The first-order valence-corrected chi connectivity index (χ1v) is 6.42. The Balaban J connectivity index is 0.00000180. The second-order valence-corrected chi connectivity index (χ2v) is 5.66. The molecule has 7 heteroatoms. The molecule has 1 saturated heterocycles. The van der Waals surface area contributed by atoms with Gasteiger partial charge in [0.2, 0.25) is 5.91 Å². The summed E-state index contributed by atoms with van der Waals surface area (Å²) in [6.45, 7) is 8.60. The fourth-order valence-electron chi connectivity index (χ4n) is 2.47. The maximum atomic E-state index is 12.2. The highest BCUT2D eigenvalue weighted by atomic mass is 35.5. The molecule has 1 aromatic rings. The second-order valence-electron chi connectivity index (χ2n) is 5.66. The van der Waals surface area contributed by atoms with Crippen LogP contribution in [0.5, 0.6) is 0 Å². The number of carbonyl (C=O) groups is 1. The summed E-state index contributed by atoms with van der Waals surface area (Å²) in [6, 6.07) is 1.99. The molecule has 116 valence electrons. The number of hydrogen-bond acceptors (Lipinski definition) is 3. The summed E-state index contributed by atoms with van der Waals surface area (Å²) in [5, 5.41) is 4.32. The summed E-state index contributed by atoms with van der Waals surface area (Å²) in [4.78, 5) is 14.1. The Morgan fingerprint density at radius 1 is 1.45 bits per heavy atom. The normalized spacial score (nSPS) is 21.3. The molecular formula is C13H24Cl2N4O. The van der Waals surface area contributed by atoms with Crippen molar-refractivity contribution in [2.24, 2.45) is 11.1 Å². The molecule has 1 unspecified atom stereocenters. The minimum atomic E-state index is 0. The summed E-state index contributed by atoms with van der Waals surface area (Å²) in [5.74, 6) is 0.137. The minimum absolute atomic E-state index is 0. The van der Waals surface area contributed by atoms with E-state index >= 15 is 0 Å². The molecule has 1 aliphatic heterocycles. The van der Waals surface area contributed by atoms with Gasteiger partial charge < -0.3 is 10.6 Å². The molecule has 0 aliphatic carbocycles. The van der Waals surface area contributed by atoms with Gasteiger partial charge in [-0.05, 0) is 38.3 Å². The first kappa shape index (κ1) is 19.2. The van der Waals surface area contributed by atoms with Gasteiger partial charge in [0, 0.05) is 18.8 Å². The van der Waals surface area contributed by atoms with Gasteiger partial charge in [0.1, 0.15) is 6.54 Å². The van der Waals surface area contributed by atoms with E-state index in [1.54, 1.807) is 4.68 Å². The number of aryl methyl sites for hydroxylation is 2. The van der Waals surface area contributed by atoms with Gasteiger partial charge in [-0.1, -0.05) is 6.92 Å². The average molecular weight is 323 g/mol. The molecule has 1 fully saturated rings. The summed E-state index contributed by atoms with van der Waals surface area (Å²) in [6.07, 6.45) is 0.992. The lowest BCUT2D eigenvalue weighted by atomic mass is 9.90. The van der Waals surface area contributed by atoms with Crippen LogP contribution in [-0.4, -0.2) is 40.2 Å². The number of nitrogens with two attached hydrogens (primary N) is 1. The third kappa shape index (κ3) is 4.11. The lowest BCUT2D eigenvalue weighted by Crippen LogP contribution is -2.36. The van der Waals surface area contributed by atoms with Crippen LogP contribution in [0, 0.1) is 19.3 Å². The molecule has 5 nitrogen and oxygen atoms in total. The molecule has 1 atom stereocenters. The Hall–Kier alpha value is -0.780. The maximum absolute atomic E-state index is 12.2. The van der Waals surface area contributed by atoms with E-state index in [1.165, 1.54) is 0 Å². The zero-order chi connectivity index (χ0) is 13.3.